The number of hydrogen-bond donors (Lipinski definition) is 2. The van der Waals surface area contributed by atoms with Crippen LogP contribution >= 0.6 is 11.3 Å². The van der Waals surface area contributed by atoms with Crippen LogP contribution in [0.5, 0.6) is 0 Å². The lowest BCUT2D eigenvalue weighted by atomic mass is 9.68. The van der Waals surface area contributed by atoms with E-state index < -0.39 is 0 Å². The molecular weight excluding hydrogens is 260 g/mol. The molecule has 2 saturated carbocycles. The van der Waals surface area contributed by atoms with Gasteiger partial charge in [-0.25, -0.2) is 0 Å². The summed E-state index contributed by atoms with van der Waals surface area (Å²) in [5, 5.41) is 11.4. The highest BCUT2D eigenvalue weighted by atomic mass is 32.1. The number of fused-ring (bicyclic) bond motifs is 2. The Hall–Kier alpha value is -1.17. The van der Waals surface area contributed by atoms with Crippen molar-refractivity contribution in [1.82, 2.24) is 15.5 Å². The molecule has 104 valence electrons. The van der Waals surface area contributed by atoms with Gasteiger partial charge in [0.25, 0.3) is 5.91 Å². The molecule has 5 nitrogen and oxygen atoms in total. The highest BCUT2D eigenvalue weighted by Crippen LogP contribution is 2.62. The average molecular weight is 280 g/mol. The summed E-state index contributed by atoms with van der Waals surface area (Å²) in [7, 11) is 0. The summed E-state index contributed by atoms with van der Waals surface area (Å²) >= 11 is 1.14. The van der Waals surface area contributed by atoms with E-state index in [0.717, 1.165) is 11.3 Å². The van der Waals surface area contributed by atoms with Crippen LogP contribution in [0.4, 0.5) is 5.13 Å². The normalized spacial score (nSPS) is 35.5. The second-order valence-electron chi connectivity index (χ2n) is 6.77. The van der Waals surface area contributed by atoms with Crippen molar-refractivity contribution in [2.45, 2.75) is 46.1 Å². The van der Waals surface area contributed by atoms with Crippen LogP contribution in [0, 0.1) is 16.7 Å². The van der Waals surface area contributed by atoms with Crippen LogP contribution in [0.2, 0.25) is 0 Å². The number of nitrogens with zero attached hydrogens (tertiary/aromatic N) is 2. The number of nitrogens with one attached hydrogen (secondary N) is 1. The number of aromatic nitrogens is 2. The Morgan fingerprint density at radius 3 is 2.68 bits per heavy atom. The first-order valence-electron chi connectivity index (χ1n) is 6.73. The van der Waals surface area contributed by atoms with Gasteiger partial charge in [0.15, 0.2) is 0 Å². The molecule has 0 spiro atoms. The van der Waals surface area contributed by atoms with E-state index in [1.54, 1.807) is 0 Å². The number of amides is 1. The van der Waals surface area contributed by atoms with Crippen molar-refractivity contribution in [3.05, 3.63) is 5.01 Å². The molecule has 3 unspecified atom stereocenters. The highest BCUT2D eigenvalue weighted by Gasteiger charge is 2.59. The third-order valence-corrected chi connectivity index (χ3v) is 5.93. The Morgan fingerprint density at radius 1 is 1.42 bits per heavy atom. The van der Waals surface area contributed by atoms with Crippen LogP contribution in [0.1, 0.15) is 49.8 Å². The first-order valence-corrected chi connectivity index (χ1v) is 7.54. The largest absolute Gasteiger partial charge is 0.374 e. The summed E-state index contributed by atoms with van der Waals surface area (Å²) in [5.74, 6) is 0.573. The minimum absolute atomic E-state index is 0.138. The van der Waals surface area contributed by atoms with E-state index in [-0.39, 0.29) is 22.8 Å². The van der Waals surface area contributed by atoms with Crippen LogP contribution in [0.25, 0.3) is 0 Å². The fraction of sp³-hybridized carbons (Fsp3) is 0.769. The number of hydrogen-bond acceptors (Lipinski definition) is 5. The zero-order valence-electron chi connectivity index (χ0n) is 11.6. The molecule has 2 fully saturated rings. The lowest BCUT2D eigenvalue weighted by Crippen LogP contribution is -2.52. The van der Waals surface area contributed by atoms with Gasteiger partial charge in [0.05, 0.1) is 0 Å². The molecule has 1 aromatic heterocycles. The van der Waals surface area contributed by atoms with E-state index in [1.807, 2.05) is 0 Å². The molecule has 0 aromatic carbocycles. The summed E-state index contributed by atoms with van der Waals surface area (Å²) in [4.78, 5) is 12.3. The summed E-state index contributed by atoms with van der Waals surface area (Å²) in [6.07, 6.45) is 3.69. The number of nitrogens with two attached hydrogens (primary N) is 1. The van der Waals surface area contributed by atoms with Crippen molar-refractivity contribution < 1.29 is 4.79 Å². The predicted octanol–water partition coefficient (Wildman–Crippen LogP) is 2.06. The lowest BCUT2D eigenvalue weighted by Gasteiger charge is -2.42. The molecule has 1 amide bonds. The van der Waals surface area contributed by atoms with Crippen molar-refractivity contribution in [3.8, 4) is 0 Å². The Kier molecular flexibility index (Phi) is 2.64. The van der Waals surface area contributed by atoms with Crippen molar-refractivity contribution in [2.75, 3.05) is 5.73 Å². The summed E-state index contributed by atoms with van der Waals surface area (Å²) in [6.45, 7) is 6.82. The van der Waals surface area contributed by atoms with E-state index in [4.69, 9.17) is 5.73 Å². The SMILES string of the molecule is CC12CCC(C1)C(C)(C)C2NC(=O)c1nnc(N)s1. The number of rotatable bonds is 2. The molecule has 2 bridgehead atoms. The minimum atomic E-state index is -0.138. The average Bonchev–Trinajstić information content (AvgIpc) is 2.96. The molecule has 2 aliphatic carbocycles. The second-order valence-corrected chi connectivity index (χ2v) is 7.78. The smallest absolute Gasteiger partial charge is 0.282 e. The maximum atomic E-state index is 12.3. The van der Waals surface area contributed by atoms with E-state index in [9.17, 15) is 4.79 Å². The van der Waals surface area contributed by atoms with E-state index >= 15 is 0 Å². The van der Waals surface area contributed by atoms with Gasteiger partial charge in [-0.1, -0.05) is 32.1 Å². The van der Waals surface area contributed by atoms with Crippen LogP contribution in [0.3, 0.4) is 0 Å². The van der Waals surface area contributed by atoms with Gasteiger partial charge in [0, 0.05) is 6.04 Å². The van der Waals surface area contributed by atoms with Gasteiger partial charge in [-0.15, -0.1) is 10.2 Å². The predicted molar refractivity (Wildman–Crippen MR) is 74.8 cm³/mol. The Labute approximate surface area is 117 Å². The first-order chi connectivity index (χ1) is 8.83. The molecule has 6 heteroatoms. The fourth-order valence-electron chi connectivity index (χ4n) is 4.18. The van der Waals surface area contributed by atoms with Crippen LogP contribution in [-0.2, 0) is 0 Å². The van der Waals surface area contributed by atoms with E-state index in [1.165, 1.54) is 19.3 Å². The molecule has 19 heavy (non-hydrogen) atoms. The van der Waals surface area contributed by atoms with E-state index in [0.29, 0.717) is 16.1 Å². The third kappa shape index (κ3) is 1.84. The number of anilines is 1. The Balaban J connectivity index is 1.81. The quantitative estimate of drug-likeness (QED) is 0.869. The molecule has 2 aliphatic rings. The number of carbonyl (C=O) groups excluding carboxylic acids is 1. The summed E-state index contributed by atoms with van der Waals surface area (Å²) < 4.78 is 0. The first kappa shape index (κ1) is 12.8. The molecule has 3 N–H and O–H groups in total. The molecule has 1 heterocycles. The van der Waals surface area contributed by atoms with Crippen molar-refractivity contribution in [1.29, 1.82) is 0 Å². The molecular formula is C13H20N4OS. The van der Waals surface area contributed by atoms with Crippen molar-refractivity contribution in [3.63, 3.8) is 0 Å². The zero-order chi connectivity index (χ0) is 13.8. The van der Waals surface area contributed by atoms with Crippen LogP contribution in [0.15, 0.2) is 0 Å². The Morgan fingerprint density at radius 2 is 2.16 bits per heavy atom. The number of carbonyl (C=O) groups is 1. The molecule has 3 rings (SSSR count). The van der Waals surface area contributed by atoms with Gasteiger partial charge in [0.1, 0.15) is 0 Å². The van der Waals surface area contributed by atoms with Gasteiger partial charge in [-0.05, 0) is 36.0 Å². The maximum absolute atomic E-state index is 12.3. The van der Waals surface area contributed by atoms with Crippen molar-refractivity contribution in [2.24, 2.45) is 16.7 Å². The van der Waals surface area contributed by atoms with Gasteiger partial charge in [-0.2, -0.15) is 0 Å². The topological polar surface area (TPSA) is 80.9 Å². The lowest BCUT2D eigenvalue weighted by molar-refractivity contribution is 0.0736. The molecule has 0 saturated heterocycles. The monoisotopic (exact) mass is 280 g/mol. The summed E-state index contributed by atoms with van der Waals surface area (Å²) in [5.41, 5.74) is 5.90. The molecule has 0 aliphatic heterocycles. The maximum Gasteiger partial charge on any atom is 0.282 e. The van der Waals surface area contributed by atoms with Crippen LogP contribution in [-0.4, -0.2) is 22.1 Å². The molecule has 0 radical (unpaired) electrons. The van der Waals surface area contributed by atoms with Gasteiger partial charge < -0.3 is 11.1 Å². The van der Waals surface area contributed by atoms with Gasteiger partial charge in [-0.3, -0.25) is 4.79 Å². The minimum Gasteiger partial charge on any atom is -0.374 e. The number of nitrogen functional groups attached to an aromatic ring is 1. The third-order valence-electron chi connectivity index (χ3n) is 5.18. The zero-order valence-corrected chi connectivity index (χ0v) is 12.4. The molecule has 3 atom stereocenters. The van der Waals surface area contributed by atoms with Gasteiger partial charge in [0.2, 0.25) is 10.1 Å². The van der Waals surface area contributed by atoms with E-state index in [2.05, 4.69) is 36.3 Å². The Bertz CT molecular complexity index is 522. The molecule has 1 aromatic rings. The van der Waals surface area contributed by atoms with Crippen LogP contribution < -0.4 is 11.1 Å². The second kappa shape index (κ2) is 3.91. The fourth-order valence-corrected chi connectivity index (χ4v) is 4.69. The van der Waals surface area contributed by atoms with Gasteiger partial charge >= 0.3 is 0 Å². The van der Waals surface area contributed by atoms with Crippen molar-refractivity contribution >= 4 is 22.4 Å². The highest BCUT2D eigenvalue weighted by molar-refractivity contribution is 7.16. The standard InChI is InChI=1S/C13H20N4OS/c1-12(2)7-4-5-13(3,6-7)10(12)15-8(18)9-16-17-11(14)19-9/h7,10H,4-6H2,1-3H3,(H2,14,17)(H,15,18). The summed E-state index contributed by atoms with van der Waals surface area (Å²) in [6, 6.07) is 0.205.